The highest BCUT2D eigenvalue weighted by Gasteiger charge is 2.28. The van der Waals surface area contributed by atoms with Gasteiger partial charge in [-0.05, 0) is 59.2 Å². The van der Waals surface area contributed by atoms with E-state index < -0.39 is 0 Å². The lowest BCUT2D eigenvalue weighted by Crippen LogP contribution is -2.33. The molecule has 3 rings (SSSR count). The fraction of sp³-hybridized carbons (Fsp3) is 0.500. The van der Waals surface area contributed by atoms with Gasteiger partial charge in [-0.25, -0.2) is 0 Å². The molecular weight excluding hydrogens is 284 g/mol. The molecule has 0 atom stereocenters. The smallest absolute Gasteiger partial charge is 0.0302 e. The highest BCUT2D eigenvalue weighted by atomic mass is 32.1. The van der Waals surface area contributed by atoms with Gasteiger partial charge in [0.05, 0.1) is 0 Å². The molecule has 2 aromatic rings. The molecule has 0 unspecified atom stereocenters. The molecule has 0 bridgehead atoms. The molecule has 0 spiro atoms. The largest absolute Gasteiger partial charge is 0.311 e. The Balaban J connectivity index is 1.42. The lowest BCUT2D eigenvalue weighted by molar-refractivity contribution is 0.254. The summed E-state index contributed by atoms with van der Waals surface area (Å²) in [6.45, 7) is 6.57. The number of aryl methyl sites for hydroxylation is 1. The Hall–Kier alpha value is -0.680. The first kappa shape index (κ1) is 14.3. The Morgan fingerprint density at radius 1 is 1.30 bits per heavy atom. The predicted molar refractivity (Wildman–Crippen MR) is 88.5 cm³/mol. The van der Waals surface area contributed by atoms with Crippen LogP contribution in [0.25, 0.3) is 0 Å². The van der Waals surface area contributed by atoms with Gasteiger partial charge in [0.25, 0.3) is 0 Å². The number of thiophene rings is 2. The minimum atomic E-state index is 0.833. The van der Waals surface area contributed by atoms with E-state index >= 15 is 0 Å². The molecule has 2 heterocycles. The van der Waals surface area contributed by atoms with Crippen LogP contribution in [0.2, 0.25) is 0 Å². The van der Waals surface area contributed by atoms with E-state index in [-0.39, 0.29) is 0 Å². The van der Waals surface area contributed by atoms with E-state index in [0.29, 0.717) is 0 Å². The molecule has 20 heavy (non-hydrogen) atoms. The second-order valence-electron chi connectivity index (χ2n) is 5.54. The molecule has 108 valence electrons. The maximum absolute atomic E-state index is 3.59. The van der Waals surface area contributed by atoms with Crippen molar-refractivity contribution < 1.29 is 0 Å². The van der Waals surface area contributed by atoms with Gasteiger partial charge in [0, 0.05) is 37.1 Å². The van der Waals surface area contributed by atoms with E-state index in [1.54, 1.807) is 11.3 Å². The first-order valence-corrected chi connectivity index (χ1v) is 9.14. The van der Waals surface area contributed by atoms with Gasteiger partial charge in [0.1, 0.15) is 0 Å². The molecule has 1 fully saturated rings. The summed E-state index contributed by atoms with van der Waals surface area (Å²) < 4.78 is 0. The van der Waals surface area contributed by atoms with Crippen molar-refractivity contribution in [3.05, 3.63) is 44.3 Å². The number of nitrogens with one attached hydrogen (secondary N) is 1. The summed E-state index contributed by atoms with van der Waals surface area (Å²) in [4.78, 5) is 4.11. The van der Waals surface area contributed by atoms with E-state index in [1.165, 1.54) is 28.8 Å². The molecule has 1 aliphatic carbocycles. The zero-order chi connectivity index (χ0) is 13.8. The van der Waals surface area contributed by atoms with Crippen LogP contribution in [0, 0.1) is 6.92 Å². The standard InChI is InChI=1S/C16H22N2S2/c1-13-4-9-20-16(13)10-17-6-7-18(15-2-3-15)11-14-5-8-19-12-14/h4-5,8-9,12,15,17H,2-3,6-7,10-11H2,1H3. The lowest BCUT2D eigenvalue weighted by Gasteiger charge is -2.21. The maximum atomic E-state index is 3.59. The summed E-state index contributed by atoms with van der Waals surface area (Å²) >= 11 is 3.66. The summed E-state index contributed by atoms with van der Waals surface area (Å²) in [6, 6.07) is 5.29. The minimum absolute atomic E-state index is 0.833. The molecule has 0 saturated heterocycles. The SMILES string of the molecule is Cc1ccsc1CNCCN(Cc1ccsc1)C1CC1. The first-order chi connectivity index (χ1) is 9.83. The second-order valence-corrected chi connectivity index (χ2v) is 7.32. The molecule has 1 aliphatic rings. The summed E-state index contributed by atoms with van der Waals surface area (Å²) in [6.07, 6.45) is 2.77. The van der Waals surface area contributed by atoms with Crippen LogP contribution in [-0.4, -0.2) is 24.0 Å². The molecule has 0 radical (unpaired) electrons. The molecular formula is C16H22N2S2. The maximum Gasteiger partial charge on any atom is 0.0302 e. The average molecular weight is 307 g/mol. The summed E-state index contributed by atoms with van der Waals surface area (Å²) in [5.74, 6) is 0. The highest BCUT2D eigenvalue weighted by Crippen LogP contribution is 2.28. The molecule has 2 aromatic heterocycles. The van der Waals surface area contributed by atoms with Crippen LogP contribution in [-0.2, 0) is 13.1 Å². The van der Waals surface area contributed by atoms with Gasteiger partial charge in [-0.2, -0.15) is 11.3 Å². The molecule has 4 heteroatoms. The van der Waals surface area contributed by atoms with Crippen molar-refractivity contribution in [3.8, 4) is 0 Å². The Labute approximate surface area is 129 Å². The van der Waals surface area contributed by atoms with E-state index in [4.69, 9.17) is 0 Å². The Morgan fingerprint density at radius 2 is 2.20 bits per heavy atom. The van der Waals surface area contributed by atoms with E-state index in [0.717, 1.165) is 32.2 Å². The molecule has 1 N–H and O–H groups in total. The van der Waals surface area contributed by atoms with Gasteiger partial charge in [-0.3, -0.25) is 4.90 Å². The zero-order valence-electron chi connectivity index (χ0n) is 12.0. The van der Waals surface area contributed by atoms with Crippen molar-refractivity contribution in [1.29, 1.82) is 0 Å². The van der Waals surface area contributed by atoms with Crippen LogP contribution in [0.1, 0.15) is 28.8 Å². The molecule has 0 aliphatic heterocycles. The minimum Gasteiger partial charge on any atom is -0.311 e. The van der Waals surface area contributed by atoms with Crippen molar-refractivity contribution in [2.75, 3.05) is 13.1 Å². The third-order valence-corrected chi connectivity index (χ3v) is 5.61. The van der Waals surface area contributed by atoms with Crippen molar-refractivity contribution in [2.45, 2.75) is 38.9 Å². The highest BCUT2D eigenvalue weighted by molar-refractivity contribution is 7.10. The second kappa shape index (κ2) is 6.85. The van der Waals surface area contributed by atoms with E-state index in [9.17, 15) is 0 Å². The number of rotatable bonds is 8. The Bertz CT molecular complexity index is 514. The van der Waals surface area contributed by atoms with E-state index in [2.05, 4.69) is 45.4 Å². The summed E-state index contributed by atoms with van der Waals surface area (Å²) in [5.41, 5.74) is 2.89. The number of nitrogens with zero attached hydrogens (tertiary/aromatic N) is 1. The lowest BCUT2D eigenvalue weighted by atomic mass is 10.3. The third-order valence-electron chi connectivity index (χ3n) is 3.86. The van der Waals surface area contributed by atoms with E-state index in [1.807, 2.05) is 11.3 Å². The molecule has 0 amide bonds. The number of hydrogen-bond acceptors (Lipinski definition) is 4. The van der Waals surface area contributed by atoms with Crippen LogP contribution < -0.4 is 5.32 Å². The van der Waals surface area contributed by atoms with Crippen molar-refractivity contribution in [3.63, 3.8) is 0 Å². The molecule has 2 nitrogen and oxygen atoms in total. The fourth-order valence-electron chi connectivity index (χ4n) is 2.46. The van der Waals surface area contributed by atoms with Crippen LogP contribution >= 0.6 is 22.7 Å². The summed E-state index contributed by atoms with van der Waals surface area (Å²) in [5, 5.41) is 10.2. The van der Waals surface area contributed by atoms with Crippen molar-refractivity contribution >= 4 is 22.7 Å². The Kier molecular flexibility index (Phi) is 4.89. The van der Waals surface area contributed by atoms with Crippen molar-refractivity contribution in [2.24, 2.45) is 0 Å². The van der Waals surface area contributed by atoms with Gasteiger partial charge in [0.2, 0.25) is 0 Å². The van der Waals surface area contributed by atoms with Crippen LogP contribution in [0.5, 0.6) is 0 Å². The van der Waals surface area contributed by atoms with Crippen molar-refractivity contribution in [1.82, 2.24) is 10.2 Å². The van der Waals surface area contributed by atoms with Crippen LogP contribution in [0.3, 0.4) is 0 Å². The summed E-state index contributed by atoms with van der Waals surface area (Å²) in [7, 11) is 0. The van der Waals surface area contributed by atoms with Gasteiger partial charge >= 0.3 is 0 Å². The Morgan fingerprint density at radius 3 is 2.85 bits per heavy atom. The quantitative estimate of drug-likeness (QED) is 0.745. The number of hydrogen-bond donors (Lipinski definition) is 1. The predicted octanol–water partition coefficient (Wildman–Crippen LogP) is 3.87. The average Bonchev–Trinajstić information content (AvgIpc) is 3.02. The monoisotopic (exact) mass is 306 g/mol. The van der Waals surface area contributed by atoms with Crippen LogP contribution in [0.15, 0.2) is 28.3 Å². The van der Waals surface area contributed by atoms with Crippen LogP contribution in [0.4, 0.5) is 0 Å². The van der Waals surface area contributed by atoms with Gasteiger partial charge in [0.15, 0.2) is 0 Å². The zero-order valence-corrected chi connectivity index (χ0v) is 13.6. The molecule has 0 aromatic carbocycles. The van der Waals surface area contributed by atoms with Gasteiger partial charge < -0.3 is 5.32 Å². The van der Waals surface area contributed by atoms with Gasteiger partial charge in [-0.1, -0.05) is 0 Å². The normalized spacial score (nSPS) is 15.1. The third kappa shape index (κ3) is 3.92. The topological polar surface area (TPSA) is 15.3 Å². The fourth-order valence-corrected chi connectivity index (χ4v) is 3.99. The van der Waals surface area contributed by atoms with Gasteiger partial charge in [-0.15, -0.1) is 11.3 Å². The first-order valence-electron chi connectivity index (χ1n) is 7.32. The molecule has 1 saturated carbocycles.